The second-order valence-electron chi connectivity index (χ2n) is 9.90. The molecule has 8 nitrogen and oxygen atoms in total. The quantitative estimate of drug-likeness (QED) is 0.325. The number of benzene rings is 3. The van der Waals surface area contributed by atoms with Gasteiger partial charge in [0.05, 0.1) is 25.7 Å². The van der Waals surface area contributed by atoms with Crippen molar-refractivity contribution in [2.45, 2.75) is 12.0 Å². The molecule has 40 heavy (non-hydrogen) atoms. The van der Waals surface area contributed by atoms with Gasteiger partial charge < -0.3 is 24.2 Å². The van der Waals surface area contributed by atoms with Gasteiger partial charge in [0.2, 0.25) is 5.91 Å². The first-order valence-electron chi connectivity index (χ1n) is 13.5. The fraction of sp³-hybridized carbons (Fsp3) is 0.312. The summed E-state index contributed by atoms with van der Waals surface area (Å²) in [4.78, 5) is 22.3. The number of nitrogens with zero attached hydrogens (tertiary/aromatic N) is 3. The van der Waals surface area contributed by atoms with Crippen LogP contribution in [0.3, 0.4) is 0 Å². The van der Waals surface area contributed by atoms with Crippen molar-refractivity contribution in [2.24, 2.45) is 0 Å². The fourth-order valence-corrected chi connectivity index (χ4v) is 5.14. The van der Waals surface area contributed by atoms with Crippen LogP contribution in [-0.4, -0.2) is 85.5 Å². The van der Waals surface area contributed by atoms with Crippen LogP contribution in [0.15, 0.2) is 85.1 Å². The van der Waals surface area contributed by atoms with Crippen molar-refractivity contribution in [3.8, 4) is 17.2 Å². The van der Waals surface area contributed by atoms with Crippen LogP contribution in [0, 0.1) is 0 Å². The van der Waals surface area contributed by atoms with Gasteiger partial charge in [0.25, 0.3) is 0 Å². The lowest BCUT2D eigenvalue weighted by atomic mass is 9.89. The molecule has 208 valence electrons. The Kier molecular flexibility index (Phi) is 8.78. The van der Waals surface area contributed by atoms with Crippen LogP contribution in [0.5, 0.6) is 17.2 Å². The lowest BCUT2D eigenvalue weighted by Crippen LogP contribution is -2.52. The Labute approximate surface area is 234 Å². The molecule has 2 heterocycles. The molecular formula is C32H35N3O5. The zero-order valence-electron chi connectivity index (χ0n) is 22.9. The summed E-state index contributed by atoms with van der Waals surface area (Å²) in [6, 6.07) is 24.9. The molecule has 0 bridgehead atoms. The molecule has 1 aromatic heterocycles. The van der Waals surface area contributed by atoms with Crippen LogP contribution < -0.4 is 14.2 Å². The summed E-state index contributed by atoms with van der Waals surface area (Å²) in [6.07, 6.45) is 1.10. The highest BCUT2D eigenvalue weighted by Gasteiger charge is 2.30. The molecule has 1 aliphatic rings. The molecule has 0 spiro atoms. The molecule has 1 aliphatic heterocycles. The number of rotatable bonds is 10. The van der Waals surface area contributed by atoms with Crippen LogP contribution in [0.25, 0.3) is 10.9 Å². The highest BCUT2D eigenvalue weighted by molar-refractivity contribution is 5.87. The van der Waals surface area contributed by atoms with Crippen molar-refractivity contribution >= 4 is 16.8 Å². The van der Waals surface area contributed by atoms with E-state index in [1.165, 1.54) is 0 Å². The van der Waals surface area contributed by atoms with Gasteiger partial charge in [-0.25, -0.2) is 0 Å². The van der Waals surface area contributed by atoms with Crippen LogP contribution in [-0.2, 0) is 4.79 Å². The van der Waals surface area contributed by atoms with E-state index in [9.17, 15) is 9.90 Å². The summed E-state index contributed by atoms with van der Waals surface area (Å²) < 4.78 is 16.6. The van der Waals surface area contributed by atoms with E-state index < -0.39 is 12.0 Å². The number of piperazine rings is 1. The average Bonchev–Trinajstić information content (AvgIpc) is 3.01. The van der Waals surface area contributed by atoms with Gasteiger partial charge in [-0.15, -0.1) is 0 Å². The average molecular weight is 542 g/mol. The number of aliphatic hydroxyl groups excluding tert-OH is 1. The Morgan fingerprint density at radius 1 is 0.850 bits per heavy atom. The number of methoxy groups -OCH3 is 2. The molecule has 4 aromatic rings. The minimum absolute atomic E-state index is 0.0587. The van der Waals surface area contributed by atoms with Gasteiger partial charge in [0.1, 0.15) is 30.0 Å². The highest BCUT2D eigenvalue weighted by atomic mass is 16.5. The van der Waals surface area contributed by atoms with E-state index in [0.717, 1.165) is 33.5 Å². The summed E-state index contributed by atoms with van der Waals surface area (Å²) in [7, 11) is 3.26. The molecule has 3 aromatic carbocycles. The molecule has 1 fully saturated rings. The number of aliphatic hydroxyl groups is 1. The first-order chi connectivity index (χ1) is 19.6. The molecule has 1 amide bonds. The summed E-state index contributed by atoms with van der Waals surface area (Å²) in [6.45, 7) is 3.20. The topological polar surface area (TPSA) is 84.4 Å². The first kappa shape index (κ1) is 27.4. The van der Waals surface area contributed by atoms with Gasteiger partial charge in [-0.1, -0.05) is 30.3 Å². The molecule has 1 N–H and O–H groups in total. The second-order valence-corrected chi connectivity index (χ2v) is 9.90. The van der Waals surface area contributed by atoms with Crippen LogP contribution in [0.4, 0.5) is 0 Å². The van der Waals surface area contributed by atoms with Gasteiger partial charge in [0, 0.05) is 44.3 Å². The SMILES string of the molecule is COc1ccc(C(C(=O)N2CCN(CC(O)COc3cccc4ncccc34)CC2)c2ccc(OC)cc2)cc1. The summed E-state index contributed by atoms with van der Waals surface area (Å²) >= 11 is 0. The Morgan fingerprint density at radius 3 is 2.08 bits per heavy atom. The molecule has 1 unspecified atom stereocenters. The minimum atomic E-state index is -0.652. The Hall–Kier alpha value is -4.14. The highest BCUT2D eigenvalue weighted by Crippen LogP contribution is 2.30. The number of carbonyl (C=O) groups is 1. The molecule has 1 atom stereocenters. The second kappa shape index (κ2) is 12.8. The van der Waals surface area contributed by atoms with Gasteiger partial charge >= 0.3 is 0 Å². The number of hydrogen-bond acceptors (Lipinski definition) is 7. The van der Waals surface area contributed by atoms with Gasteiger partial charge in [-0.05, 0) is 59.7 Å². The number of fused-ring (bicyclic) bond motifs is 1. The number of pyridine rings is 1. The number of amides is 1. The van der Waals surface area contributed by atoms with Crippen LogP contribution >= 0.6 is 0 Å². The summed E-state index contributed by atoms with van der Waals surface area (Å²) in [5, 5.41) is 11.6. The van der Waals surface area contributed by atoms with E-state index in [-0.39, 0.29) is 12.5 Å². The third-order valence-electron chi connectivity index (χ3n) is 7.34. The van der Waals surface area contributed by atoms with Gasteiger partial charge in [-0.3, -0.25) is 14.7 Å². The van der Waals surface area contributed by atoms with Crippen LogP contribution in [0.2, 0.25) is 0 Å². The molecule has 0 radical (unpaired) electrons. The first-order valence-corrected chi connectivity index (χ1v) is 13.5. The molecule has 0 saturated carbocycles. The molecule has 8 heteroatoms. The monoisotopic (exact) mass is 541 g/mol. The van der Waals surface area contributed by atoms with Crippen molar-refractivity contribution in [1.29, 1.82) is 0 Å². The van der Waals surface area contributed by atoms with E-state index in [2.05, 4.69) is 9.88 Å². The third-order valence-corrected chi connectivity index (χ3v) is 7.34. The Morgan fingerprint density at radius 2 is 1.48 bits per heavy atom. The third kappa shape index (κ3) is 6.35. The maximum Gasteiger partial charge on any atom is 0.234 e. The molecule has 0 aliphatic carbocycles. The summed E-state index contributed by atoms with van der Waals surface area (Å²) in [5.41, 5.74) is 2.68. The smallest absolute Gasteiger partial charge is 0.234 e. The zero-order valence-corrected chi connectivity index (χ0v) is 22.9. The van der Waals surface area contributed by atoms with E-state index in [0.29, 0.717) is 38.5 Å². The summed E-state index contributed by atoms with van der Waals surface area (Å²) in [5.74, 6) is 1.83. The number of aromatic nitrogens is 1. The standard InChI is InChI=1S/C32H35N3O5/c1-38-26-12-8-23(9-13-26)31(24-10-14-27(39-2)15-11-24)32(37)35-19-17-34(18-20-35)21-25(36)22-40-30-7-3-6-29-28(30)5-4-16-33-29/h3-16,25,31,36H,17-22H2,1-2H3. The lowest BCUT2D eigenvalue weighted by Gasteiger charge is -2.37. The van der Waals surface area contributed by atoms with E-state index in [4.69, 9.17) is 14.2 Å². The number of β-amino-alcohol motifs (C(OH)–C–C–N with tert-alkyl or cyclic N) is 1. The van der Waals surface area contributed by atoms with E-state index in [1.807, 2.05) is 83.8 Å². The van der Waals surface area contributed by atoms with Crippen molar-refractivity contribution < 1.29 is 24.1 Å². The predicted molar refractivity (Wildman–Crippen MR) is 154 cm³/mol. The zero-order chi connectivity index (χ0) is 27.9. The molecule has 1 saturated heterocycles. The maximum atomic E-state index is 13.9. The number of ether oxygens (including phenoxy) is 3. The van der Waals surface area contributed by atoms with Crippen molar-refractivity contribution in [1.82, 2.24) is 14.8 Å². The number of hydrogen-bond donors (Lipinski definition) is 1. The minimum Gasteiger partial charge on any atom is -0.497 e. The van der Waals surface area contributed by atoms with Crippen LogP contribution in [0.1, 0.15) is 17.0 Å². The van der Waals surface area contributed by atoms with E-state index >= 15 is 0 Å². The Balaban J connectivity index is 1.20. The number of carbonyl (C=O) groups excluding carboxylic acids is 1. The largest absolute Gasteiger partial charge is 0.497 e. The lowest BCUT2D eigenvalue weighted by molar-refractivity contribution is -0.133. The fourth-order valence-electron chi connectivity index (χ4n) is 5.14. The normalized spacial score (nSPS) is 14.8. The van der Waals surface area contributed by atoms with Crippen molar-refractivity contribution in [3.05, 3.63) is 96.2 Å². The van der Waals surface area contributed by atoms with Gasteiger partial charge in [0.15, 0.2) is 0 Å². The van der Waals surface area contributed by atoms with E-state index in [1.54, 1.807) is 20.4 Å². The Bertz CT molecular complexity index is 1350. The van der Waals surface area contributed by atoms with Crippen molar-refractivity contribution in [2.75, 3.05) is 53.6 Å². The predicted octanol–water partition coefficient (Wildman–Crippen LogP) is 3.97. The molecular weight excluding hydrogens is 506 g/mol. The van der Waals surface area contributed by atoms with Crippen molar-refractivity contribution in [3.63, 3.8) is 0 Å². The molecule has 5 rings (SSSR count). The van der Waals surface area contributed by atoms with Gasteiger partial charge in [-0.2, -0.15) is 0 Å². The maximum absolute atomic E-state index is 13.9.